The Bertz CT molecular complexity index is 731. The van der Waals surface area contributed by atoms with Gasteiger partial charge in [0, 0.05) is 37.3 Å². The van der Waals surface area contributed by atoms with E-state index in [1.807, 2.05) is 19.1 Å². The maximum absolute atomic E-state index is 12.9. The first-order valence-corrected chi connectivity index (χ1v) is 8.11. The van der Waals surface area contributed by atoms with Gasteiger partial charge in [-0.25, -0.2) is 8.42 Å². The zero-order chi connectivity index (χ0) is 14.2. The number of piperazine rings is 1. The standard InChI is InChI=1S/C14H17N3O2S.ClH/c1-11-10-15-8-9-17(11)20(18,19)14-6-2-5-13-12(14)4-3-7-16-13;/h2-7,11,15H,8-10H2,1H3;1H/t11-;/m1./s1. The number of hydrogen-bond acceptors (Lipinski definition) is 4. The first-order chi connectivity index (χ1) is 9.60. The molecule has 3 rings (SSSR count). The van der Waals surface area contributed by atoms with Gasteiger partial charge in [0.05, 0.1) is 10.4 Å². The Morgan fingerprint density at radius 3 is 2.86 bits per heavy atom. The third kappa shape index (κ3) is 2.89. The van der Waals surface area contributed by atoms with Crippen molar-refractivity contribution in [1.82, 2.24) is 14.6 Å². The zero-order valence-electron chi connectivity index (χ0n) is 11.7. The molecule has 0 aliphatic carbocycles. The smallest absolute Gasteiger partial charge is 0.244 e. The van der Waals surface area contributed by atoms with Gasteiger partial charge < -0.3 is 5.32 Å². The Balaban J connectivity index is 0.00000161. The van der Waals surface area contributed by atoms with Crippen LogP contribution in [0.15, 0.2) is 41.4 Å². The summed E-state index contributed by atoms with van der Waals surface area (Å²) in [6.45, 7) is 3.79. The van der Waals surface area contributed by atoms with Crippen LogP contribution in [0.4, 0.5) is 0 Å². The fourth-order valence-electron chi connectivity index (χ4n) is 2.61. The lowest BCUT2D eigenvalue weighted by atomic mass is 10.2. The molecule has 5 nitrogen and oxygen atoms in total. The number of aromatic nitrogens is 1. The second-order valence-electron chi connectivity index (χ2n) is 5.00. The van der Waals surface area contributed by atoms with Gasteiger partial charge in [0.1, 0.15) is 0 Å². The van der Waals surface area contributed by atoms with E-state index in [1.54, 1.807) is 28.7 Å². The molecule has 0 radical (unpaired) electrons. The molecule has 1 aliphatic heterocycles. The number of fused-ring (bicyclic) bond motifs is 1. The van der Waals surface area contributed by atoms with E-state index in [0.717, 1.165) is 0 Å². The van der Waals surface area contributed by atoms with Crippen molar-refractivity contribution >= 4 is 33.3 Å². The molecule has 1 atom stereocenters. The van der Waals surface area contributed by atoms with Crippen molar-refractivity contribution in [2.45, 2.75) is 17.9 Å². The minimum absolute atomic E-state index is 0. The van der Waals surface area contributed by atoms with Crippen molar-refractivity contribution in [2.24, 2.45) is 0 Å². The first-order valence-electron chi connectivity index (χ1n) is 6.67. The fourth-order valence-corrected chi connectivity index (χ4v) is 4.44. The summed E-state index contributed by atoms with van der Waals surface area (Å²) in [5.74, 6) is 0. The highest BCUT2D eigenvalue weighted by Crippen LogP contribution is 2.26. The highest BCUT2D eigenvalue weighted by molar-refractivity contribution is 7.89. The predicted molar refractivity (Wildman–Crippen MR) is 85.2 cm³/mol. The van der Waals surface area contributed by atoms with Crippen LogP contribution in [0.1, 0.15) is 6.92 Å². The second-order valence-corrected chi connectivity index (χ2v) is 6.85. The van der Waals surface area contributed by atoms with E-state index in [2.05, 4.69) is 10.3 Å². The third-order valence-electron chi connectivity index (χ3n) is 3.63. The Kier molecular flexibility index (Phi) is 4.83. The molecule has 1 aliphatic rings. The molecule has 1 N–H and O–H groups in total. The van der Waals surface area contributed by atoms with Gasteiger partial charge in [-0.1, -0.05) is 6.07 Å². The number of benzene rings is 1. The molecular formula is C14H18ClN3O2S. The van der Waals surface area contributed by atoms with Crippen LogP contribution < -0.4 is 5.32 Å². The topological polar surface area (TPSA) is 62.3 Å². The van der Waals surface area contributed by atoms with Crippen molar-refractivity contribution in [3.63, 3.8) is 0 Å². The van der Waals surface area contributed by atoms with Gasteiger partial charge in [0.2, 0.25) is 10.0 Å². The average Bonchev–Trinajstić information content (AvgIpc) is 2.47. The maximum atomic E-state index is 12.9. The van der Waals surface area contributed by atoms with Gasteiger partial charge in [-0.2, -0.15) is 4.31 Å². The number of halogens is 1. The molecule has 114 valence electrons. The fraction of sp³-hybridized carbons (Fsp3) is 0.357. The normalized spacial score (nSPS) is 20.1. The SMILES string of the molecule is C[C@@H]1CNCCN1S(=O)(=O)c1cccc2ncccc12.Cl. The molecular weight excluding hydrogens is 310 g/mol. The monoisotopic (exact) mass is 327 g/mol. The molecule has 0 spiro atoms. The molecule has 1 fully saturated rings. The lowest BCUT2D eigenvalue weighted by Crippen LogP contribution is -2.52. The first kappa shape index (κ1) is 16.2. The molecule has 7 heteroatoms. The number of pyridine rings is 1. The van der Waals surface area contributed by atoms with E-state index in [0.29, 0.717) is 35.4 Å². The highest BCUT2D eigenvalue weighted by atomic mass is 35.5. The van der Waals surface area contributed by atoms with Gasteiger partial charge in [0.25, 0.3) is 0 Å². The van der Waals surface area contributed by atoms with Crippen LogP contribution >= 0.6 is 12.4 Å². The van der Waals surface area contributed by atoms with Crippen LogP contribution in [0.5, 0.6) is 0 Å². The summed E-state index contributed by atoms with van der Waals surface area (Å²) < 4.78 is 27.3. The molecule has 0 bridgehead atoms. The summed E-state index contributed by atoms with van der Waals surface area (Å²) in [7, 11) is -3.48. The quantitative estimate of drug-likeness (QED) is 0.911. The van der Waals surface area contributed by atoms with E-state index in [9.17, 15) is 8.42 Å². The van der Waals surface area contributed by atoms with E-state index >= 15 is 0 Å². The summed E-state index contributed by atoms with van der Waals surface area (Å²) >= 11 is 0. The molecule has 2 aromatic rings. The third-order valence-corrected chi connectivity index (χ3v) is 5.70. The summed E-state index contributed by atoms with van der Waals surface area (Å²) in [4.78, 5) is 4.57. The lowest BCUT2D eigenvalue weighted by molar-refractivity contribution is 0.284. The molecule has 1 saturated heterocycles. The van der Waals surface area contributed by atoms with Crippen LogP contribution in [-0.4, -0.2) is 43.4 Å². The van der Waals surface area contributed by atoms with Crippen LogP contribution in [-0.2, 0) is 10.0 Å². The Morgan fingerprint density at radius 2 is 2.10 bits per heavy atom. The van der Waals surface area contributed by atoms with Crippen LogP contribution in [0.2, 0.25) is 0 Å². The predicted octanol–water partition coefficient (Wildman–Crippen LogP) is 1.64. The van der Waals surface area contributed by atoms with Crippen molar-refractivity contribution in [2.75, 3.05) is 19.6 Å². The largest absolute Gasteiger partial charge is 0.314 e. The molecule has 21 heavy (non-hydrogen) atoms. The number of hydrogen-bond donors (Lipinski definition) is 1. The van der Waals surface area contributed by atoms with Crippen molar-refractivity contribution < 1.29 is 8.42 Å². The van der Waals surface area contributed by atoms with Crippen LogP contribution in [0, 0.1) is 0 Å². The van der Waals surface area contributed by atoms with Crippen molar-refractivity contribution in [3.05, 3.63) is 36.5 Å². The maximum Gasteiger partial charge on any atom is 0.244 e. The minimum atomic E-state index is -3.48. The molecule has 0 amide bonds. The van der Waals surface area contributed by atoms with E-state index < -0.39 is 10.0 Å². The lowest BCUT2D eigenvalue weighted by Gasteiger charge is -2.33. The molecule has 2 heterocycles. The summed E-state index contributed by atoms with van der Waals surface area (Å²) in [6, 6.07) is 8.77. The van der Waals surface area contributed by atoms with Gasteiger partial charge in [-0.15, -0.1) is 12.4 Å². The van der Waals surface area contributed by atoms with Gasteiger partial charge in [0.15, 0.2) is 0 Å². The molecule has 1 aromatic heterocycles. The van der Waals surface area contributed by atoms with Crippen LogP contribution in [0.25, 0.3) is 10.9 Å². The Hall–Kier alpha value is -1.21. The summed E-state index contributed by atoms with van der Waals surface area (Å²) in [6.07, 6.45) is 1.67. The van der Waals surface area contributed by atoms with Gasteiger partial charge in [-0.05, 0) is 31.2 Å². The number of nitrogens with one attached hydrogen (secondary N) is 1. The highest BCUT2D eigenvalue weighted by Gasteiger charge is 2.31. The van der Waals surface area contributed by atoms with Crippen molar-refractivity contribution in [3.8, 4) is 0 Å². The molecule has 0 unspecified atom stereocenters. The van der Waals surface area contributed by atoms with Crippen LogP contribution in [0.3, 0.4) is 0 Å². The minimum Gasteiger partial charge on any atom is -0.314 e. The number of rotatable bonds is 2. The van der Waals surface area contributed by atoms with E-state index in [-0.39, 0.29) is 18.4 Å². The Labute approximate surface area is 130 Å². The molecule has 1 aromatic carbocycles. The summed E-state index contributed by atoms with van der Waals surface area (Å²) in [5, 5.41) is 3.89. The average molecular weight is 328 g/mol. The Morgan fingerprint density at radius 1 is 1.29 bits per heavy atom. The molecule has 0 saturated carbocycles. The van der Waals surface area contributed by atoms with Crippen molar-refractivity contribution in [1.29, 1.82) is 0 Å². The number of sulfonamides is 1. The summed E-state index contributed by atoms with van der Waals surface area (Å²) in [5.41, 5.74) is 0.705. The van der Waals surface area contributed by atoms with E-state index in [1.165, 1.54) is 0 Å². The number of nitrogens with zero attached hydrogens (tertiary/aromatic N) is 2. The zero-order valence-corrected chi connectivity index (χ0v) is 13.3. The second kappa shape index (κ2) is 6.27. The van der Waals surface area contributed by atoms with Gasteiger partial charge in [-0.3, -0.25) is 4.98 Å². The van der Waals surface area contributed by atoms with E-state index in [4.69, 9.17) is 0 Å². The van der Waals surface area contributed by atoms with Gasteiger partial charge >= 0.3 is 0 Å².